The Morgan fingerprint density at radius 1 is 1.13 bits per heavy atom. The van der Waals surface area contributed by atoms with Crippen molar-refractivity contribution in [3.63, 3.8) is 0 Å². The van der Waals surface area contributed by atoms with E-state index in [0.717, 1.165) is 35.8 Å². The van der Waals surface area contributed by atoms with Crippen LogP contribution in [0.3, 0.4) is 0 Å². The Morgan fingerprint density at radius 2 is 1.87 bits per heavy atom. The summed E-state index contributed by atoms with van der Waals surface area (Å²) < 4.78 is 5.70. The zero-order valence-electron chi connectivity index (χ0n) is 17.3. The number of carbonyl (C=O) groups is 1. The molecule has 1 aliphatic rings. The largest absolute Gasteiger partial charge is 0.411 e. The molecule has 0 radical (unpaired) electrons. The van der Waals surface area contributed by atoms with Gasteiger partial charge in [-0.05, 0) is 61.6 Å². The van der Waals surface area contributed by atoms with E-state index in [1.54, 1.807) is 0 Å². The van der Waals surface area contributed by atoms with Gasteiger partial charge in [0.2, 0.25) is 11.8 Å². The average molecular weight is 423 g/mol. The van der Waals surface area contributed by atoms with Gasteiger partial charge in [0.05, 0.1) is 5.75 Å². The van der Waals surface area contributed by atoms with E-state index in [-0.39, 0.29) is 11.7 Å². The summed E-state index contributed by atoms with van der Waals surface area (Å²) >= 11 is 1.23. The molecule has 0 spiro atoms. The second-order valence-corrected chi connectivity index (χ2v) is 8.67. The first-order valence-corrected chi connectivity index (χ1v) is 11.2. The highest BCUT2D eigenvalue weighted by Crippen LogP contribution is 2.26. The van der Waals surface area contributed by atoms with Gasteiger partial charge in [0, 0.05) is 30.0 Å². The minimum absolute atomic E-state index is 0.102. The Morgan fingerprint density at radius 3 is 2.60 bits per heavy atom. The van der Waals surface area contributed by atoms with Crippen molar-refractivity contribution < 1.29 is 9.21 Å². The minimum Gasteiger partial charge on any atom is -0.411 e. The Balaban J connectivity index is 1.28. The van der Waals surface area contributed by atoms with Gasteiger partial charge < -0.3 is 14.6 Å². The van der Waals surface area contributed by atoms with Gasteiger partial charge in [-0.3, -0.25) is 4.79 Å². The van der Waals surface area contributed by atoms with Gasteiger partial charge in [-0.15, -0.1) is 10.2 Å². The number of aryl methyl sites for hydroxylation is 1. The molecule has 0 bridgehead atoms. The molecule has 3 aromatic rings. The lowest BCUT2D eigenvalue weighted by Crippen LogP contribution is -2.32. The molecule has 6 nitrogen and oxygen atoms in total. The van der Waals surface area contributed by atoms with Crippen molar-refractivity contribution in [2.24, 2.45) is 5.92 Å². The number of nitrogens with one attached hydrogen (secondary N) is 1. The fourth-order valence-corrected chi connectivity index (χ4v) is 4.10. The molecule has 1 aliphatic heterocycles. The highest BCUT2D eigenvalue weighted by molar-refractivity contribution is 7.99. The van der Waals surface area contributed by atoms with Crippen molar-refractivity contribution in [2.75, 3.05) is 29.1 Å². The fraction of sp³-hybridized carbons (Fsp3) is 0.348. The molecule has 7 heteroatoms. The molecule has 1 amide bonds. The average Bonchev–Trinajstić information content (AvgIpc) is 3.23. The van der Waals surface area contributed by atoms with Crippen LogP contribution in [0.2, 0.25) is 0 Å². The molecule has 1 N–H and O–H groups in total. The molecular formula is C23H26N4O2S. The summed E-state index contributed by atoms with van der Waals surface area (Å²) in [7, 11) is 0. The van der Waals surface area contributed by atoms with Crippen LogP contribution in [0.4, 0.5) is 11.4 Å². The van der Waals surface area contributed by atoms with Crippen LogP contribution in [0.15, 0.2) is 58.2 Å². The van der Waals surface area contributed by atoms with Gasteiger partial charge in [-0.1, -0.05) is 36.9 Å². The number of hydrogen-bond donors (Lipinski definition) is 1. The van der Waals surface area contributed by atoms with Crippen LogP contribution < -0.4 is 10.2 Å². The highest BCUT2D eigenvalue weighted by Gasteiger charge is 2.16. The Labute approximate surface area is 181 Å². The predicted octanol–water partition coefficient (Wildman–Crippen LogP) is 5.01. The fourth-order valence-electron chi connectivity index (χ4n) is 3.54. The molecule has 1 saturated heterocycles. The highest BCUT2D eigenvalue weighted by atomic mass is 32.2. The van der Waals surface area contributed by atoms with Gasteiger partial charge in [-0.2, -0.15) is 0 Å². The third-order valence-corrected chi connectivity index (χ3v) is 6.23. The van der Waals surface area contributed by atoms with Crippen LogP contribution in [0.5, 0.6) is 0 Å². The lowest BCUT2D eigenvalue weighted by atomic mass is 9.99. The third kappa shape index (κ3) is 5.02. The number of thioether (sulfide) groups is 1. The Kier molecular flexibility index (Phi) is 6.38. The summed E-state index contributed by atoms with van der Waals surface area (Å²) in [4.78, 5) is 14.7. The Bertz CT molecular complexity index is 994. The topological polar surface area (TPSA) is 71.3 Å². The summed E-state index contributed by atoms with van der Waals surface area (Å²) in [6.45, 7) is 6.50. The van der Waals surface area contributed by atoms with E-state index in [2.05, 4.69) is 39.5 Å². The lowest BCUT2D eigenvalue weighted by Gasteiger charge is -2.32. The van der Waals surface area contributed by atoms with E-state index < -0.39 is 0 Å². The van der Waals surface area contributed by atoms with E-state index in [4.69, 9.17) is 4.42 Å². The molecule has 0 saturated carbocycles. The van der Waals surface area contributed by atoms with E-state index in [1.165, 1.54) is 30.3 Å². The number of piperidine rings is 1. The lowest BCUT2D eigenvalue weighted by molar-refractivity contribution is -0.113. The van der Waals surface area contributed by atoms with Crippen molar-refractivity contribution in [1.82, 2.24) is 10.2 Å². The summed E-state index contributed by atoms with van der Waals surface area (Å²) in [6, 6.07) is 15.9. The normalized spacial score (nSPS) is 14.7. The van der Waals surface area contributed by atoms with Crippen molar-refractivity contribution in [1.29, 1.82) is 0 Å². The zero-order chi connectivity index (χ0) is 20.9. The zero-order valence-corrected chi connectivity index (χ0v) is 18.1. The molecule has 4 rings (SSSR count). The smallest absolute Gasteiger partial charge is 0.277 e. The van der Waals surface area contributed by atoms with Gasteiger partial charge >= 0.3 is 0 Å². The molecule has 0 atom stereocenters. The molecule has 1 aromatic heterocycles. The molecule has 0 unspecified atom stereocenters. The van der Waals surface area contributed by atoms with Gasteiger partial charge in [0.1, 0.15) is 0 Å². The molecule has 30 heavy (non-hydrogen) atoms. The predicted molar refractivity (Wildman–Crippen MR) is 121 cm³/mol. The van der Waals surface area contributed by atoms with Crippen molar-refractivity contribution in [2.45, 2.75) is 31.9 Å². The quantitative estimate of drug-likeness (QED) is 0.563. The van der Waals surface area contributed by atoms with E-state index in [9.17, 15) is 4.79 Å². The van der Waals surface area contributed by atoms with Crippen molar-refractivity contribution >= 4 is 29.0 Å². The van der Waals surface area contributed by atoms with Crippen LogP contribution in [-0.4, -0.2) is 34.9 Å². The molecule has 0 aliphatic carbocycles. The van der Waals surface area contributed by atoms with Crippen molar-refractivity contribution in [3.05, 3.63) is 54.1 Å². The monoisotopic (exact) mass is 422 g/mol. The summed E-state index contributed by atoms with van der Waals surface area (Å²) in [5, 5.41) is 11.5. The van der Waals surface area contributed by atoms with Crippen LogP contribution in [0, 0.1) is 12.8 Å². The van der Waals surface area contributed by atoms with E-state index >= 15 is 0 Å². The maximum Gasteiger partial charge on any atom is 0.277 e. The maximum absolute atomic E-state index is 12.3. The number of nitrogens with zero attached hydrogens (tertiary/aromatic N) is 3. The molecule has 156 valence electrons. The number of aromatic nitrogens is 2. The SMILES string of the molecule is Cc1ccccc1-c1nnc(SCC(=O)Nc2ccc(N3CCC(C)CC3)cc2)o1. The first-order chi connectivity index (χ1) is 14.6. The number of hydrogen-bond acceptors (Lipinski definition) is 6. The van der Waals surface area contributed by atoms with Gasteiger partial charge in [0.15, 0.2) is 0 Å². The molecule has 2 aromatic carbocycles. The third-order valence-electron chi connectivity index (χ3n) is 5.41. The first kappa shape index (κ1) is 20.5. The van der Waals surface area contributed by atoms with Crippen molar-refractivity contribution in [3.8, 4) is 11.5 Å². The summed E-state index contributed by atoms with van der Waals surface area (Å²) in [6.07, 6.45) is 2.47. The van der Waals surface area contributed by atoms with Crippen LogP contribution in [0.25, 0.3) is 11.5 Å². The Hall–Kier alpha value is -2.80. The minimum atomic E-state index is -0.102. The second-order valence-electron chi connectivity index (χ2n) is 7.74. The van der Waals surface area contributed by atoms with Gasteiger partial charge in [0.25, 0.3) is 5.22 Å². The summed E-state index contributed by atoms with van der Waals surface area (Å²) in [5.74, 6) is 1.39. The van der Waals surface area contributed by atoms with Crippen LogP contribution >= 0.6 is 11.8 Å². The number of amides is 1. The number of anilines is 2. The van der Waals surface area contributed by atoms with Crippen LogP contribution in [-0.2, 0) is 4.79 Å². The molecular weight excluding hydrogens is 396 g/mol. The van der Waals surface area contributed by atoms with Crippen LogP contribution in [0.1, 0.15) is 25.3 Å². The van der Waals surface area contributed by atoms with E-state index in [1.807, 2.05) is 43.3 Å². The second kappa shape index (κ2) is 9.34. The number of benzene rings is 2. The standard InChI is InChI=1S/C23H26N4O2S/c1-16-11-13-27(14-12-16)19-9-7-18(8-10-19)24-21(28)15-30-23-26-25-22(29-23)20-6-4-3-5-17(20)2/h3-10,16H,11-15H2,1-2H3,(H,24,28). The molecule has 1 fully saturated rings. The first-order valence-electron chi connectivity index (χ1n) is 10.3. The number of carbonyl (C=O) groups excluding carboxylic acids is 1. The van der Waals surface area contributed by atoms with Gasteiger partial charge in [-0.25, -0.2) is 0 Å². The van der Waals surface area contributed by atoms with E-state index in [0.29, 0.717) is 11.1 Å². The maximum atomic E-state index is 12.3. The summed E-state index contributed by atoms with van der Waals surface area (Å²) in [5.41, 5.74) is 3.98. The molecule has 2 heterocycles. The number of rotatable bonds is 6.